The maximum absolute atomic E-state index is 12.9. The minimum absolute atomic E-state index is 0.302. The molecule has 2 aromatic carbocycles. The van der Waals surface area contributed by atoms with Gasteiger partial charge in [-0.15, -0.1) is 11.8 Å². The molecule has 160 valence electrons. The molecule has 0 aliphatic carbocycles. The third-order valence-corrected chi connectivity index (χ3v) is 6.30. The predicted molar refractivity (Wildman–Crippen MR) is 119 cm³/mol. The molecule has 2 atom stereocenters. The number of carbonyl (C=O) groups excluding carboxylic acids is 2. The maximum atomic E-state index is 12.9. The Balaban J connectivity index is 2.01. The molecule has 1 amide bonds. The van der Waals surface area contributed by atoms with Crippen LogP contribution in [0.15, 0.2) is 59.1 Å². The van der Waals surface area contributed by atoms with E-state index in [2.05, 4.69) is 11.4 Å². The van der Waals surface area contributed by atoms with Crippen molar-refractivity contribution in [3.63, 3.8) is 0 Å². The Morgan fingerprint density at radius 3 is 2.55 bits per heavy atom. The number of ether oxygens (including phenoxy) is 2. The van der Waals surface area contributed by atoms with Gasteiger partial charge in [-0.2, -0.15) is 5.26 Å². The van der Waals surface area contributed by atoms with Crippen LogP contribution in [0.2, 0.25) is 5.02 Å². The minimum atomic E-state index is -1.16. The normalized spacial score (nSPS) is 18.2. The van der Waals surface area contributed by atoms with E-state index in [9.17, 15) is 14.9 Å². The zero-order chi connectivity index (χ0) is 22.4. The van der Waals surface area contributed by atoms with Gasteiger partial charge in [-0.05, 0) is 36.2 Å². The Hall–Kier alpha value is -2.95. The van der Waals surface area contributed by atoms with Gasteiger partial charge >= 0.3 is 5.97 Å². The largest absolute Gasteiger partial charge is 0.494 e. The SMILES string of the molecule is CCOc1ccc([C@H]2C(C#N)=C(SCc3ccccc3Cl)NC(=O)[C@@H]2C(=O)OC)cc1. The zero-order valence-electron chi connectivity index (χ0n) is 17.1. The Morgan fingerprint density at radius 2 is 1.94 bits per heavy atom. The molecule has 0 spiro atoms. The van der Waals surface area contributed by atoms with E-state index in [4.69, 9.17) is 21.1 Å². The molecule has 0 unspecified atom stereocenters. The number of rotatable bonds is 7. The molecular weight excluding hydrogens is 436 g/mol. The molecule has 0 radical (unpaired) electrons. The van der Waals surface area contributed by atoms with E-state index in [1.807, 2.05) is 25.1 Å². The number of hydrogen-bond acceptors (Lipinski definition) is 6. The molecule has 0 aromatic heterocycles. The van der Waals surface area contributed by atoms with E-state index in [1.54, 1.807) is 30.3 Å². The number of halogens is 1. The Labute approximate surface area is 190 Å². The van der Waals surface area contributed by atoms with Crippen molar-refractivity contribution in [3.8, 4) is 11.8 Å². The second-order valence-electron chi connectivity index (χ2n) is 6.70. The van der Waals surface area contributed by atoms with Crippen molar-refractivity contribution in [1.82, 2.24) is 5.32 Å². The van der Waals surface area contributed by atoms with Crippen LogP contribution in [-0.4, -0.2) is 25.6 Å². The van der Waals surface area contributed by atoms with Crippen molar-refractivity contribution >= 4 is 35.2 Å². The van der Waals surface area contributed by atoms with Gasteiger partial charge in [0, 0.05) is 16.7 Å². The Morgan fingerprint density at radius 1 is 1.23 bits per heavy atom. The van der Waals surface area contributed by atoms with E-state index < -0.39 is 23.7 Å². The van der Waals surface area contributed by atoms with Crippen LogP contribution in [0.3, 0.4) is 0 Å². The number of nitrogens with one attached hydrogen (secondary N) is 1. The summed E-state index contributed by atoms with van der Waals surface area (Å²) in [5.74, 6) is -2.01. The van der Waals surface area contributed by atoms with Crippen molar-refractivity contribution in [2.75, 3.05) is 13.7 Å². The second kappa shape index (κ2) is 10.4. The molecule has 0 saturated carbocycles. The summed E-state index contributed by atoms with van der Waals surface area (Å²) in [5, 5.41) is 13.7. The van der Waals surface area contributed by atoms with Gasteiger partial charge in [0.2, 0.25) is 5.91 Å². The lowest BCUT2D eigenvalue weighted by Gasteiger charge is -2.31. The quantitative estimate of drug-likeness (QED) is 0.490. The molecule has 8 heteroatoms. The molecule has 0 fully saturated rings. The van der Waals surface area contributed by atoms with Gasteiger partial charge in [-0.3, -0.25) is 9.59 Å². The van der Waals surface area contributed by atoms with Crippen molar-refractivity contribution in [2.24, 2.45) is 5.92 Å². The molecule has 0 bridgehead atoms. The number of allylic oxidation sites excluding steroid dienone is 1. The first-order chi connectivity index (χ1) is 15.0. The lowest BCUT2D eigenvalue weighted by Crippen LogP contribution is -2.44. The second-order valence-corrected chi connectivity index (χ2v) is 8.10. The highest BCUT2D eigenvalue weighted by molar-refractivity contribution is 8.02. The van der Waals surface area contributed by atoms with Crippen LogP contribution in [0.1, 0.15) is 24.0 Å². The number of carbonyl (C=O) groups is 2. The number of nitrogens with zero attached hydrogens (tertiary/aromatic N) is 1. The Bertz CT molecular complexity index is 1050. The van der Waals surface area contributed by atoms with Crippen molar-refractivity contribution in [3.05, 3.63) is 75.3 Å². The summed E-state index contributed by atoms with van der Waals surface area (Å²) in [6.07, 6.45) is 0. The first-order valence-corrected chi connectivity index (χ1v) is 11.0. The van der Waals surface area contributed by atoms with Crippen LogP contribution < -0.4 is 10.1 Å². The molecule has 6 nitrogen and oxygen atoms in total. The summed E-state index contributed by atoms with van der Waals surface area (Å²) in [5.41, 5.74) is 1.83. The zero-order valence-corrected chi connectivity index (χ0v) is 18.6. The molecule has 31 heavy (non-hydrogen) atoms. The van der Waals surface area contributed by atoms with Gasteiger partial charge in [-0.25, -0.2) is 0 Å². The summed E-state index contributed by atoms with van der Waals surface area (Å²) < 4.78 is 10.3. The van der Waals surface area contributed by atoms with Crippen molar-refractivity contribution in [2.45, 2.75) is 18.6 Å². The van der Waals surface area contributed by atoms with Crippen LogP contribution in [0.4, 0.5) is 0 Å². The molecule has 0 saturated heterocycles. The number of esters is 1. The minimum Gasteiger partial charge on any atom is -0.494 e. The standard InChI is InChI=1S/C23H21ClN2O4S/c1-3-30-16-10-8-14(9-11-16)19-17(12-25)22(26-21(27)20(19)23(28)29-2)31-13-15-6-4-5-7-18(15)24/h4-11,19-20H,3,13H2,1-2H3,(H,26,27)/t19-,20+/m0/s1. The first-order valence-electron chi connectivity index (χ1n) is 9.62. The molecule has 3 rings (SSSR count). The fourth-order valence-electron chi connectivity index (χ4n) is 3.38. The van der Waals surface area contributed by atoms with Crippen LogP contribution in [0, 0.1) is 17.2 Å². The number of amides is 1. The van der Waals surface area contributed by atoms with Crippen LogP contribution >= 0.6 is 23.4 Å². The maximum Gasteiger partial charge on any atom is 0.319 e. The van der Waals surface area contributed by atoms with E-state index in [-0.39, 0.29) is 0 Å². The van der Waals surface area contributed by atoms with Crippen molar-refractivity contribution in [1.29, 1.82) is 5.26 Å². The van der Waals surface area contributed by atoms with E-state index >= 15 is 0 Å². The highest BCUT2D eigenvalue weighted by atomic mass is 35.5. The number of thioether (sulfide) groups is 1. The van der Waals surface area contributed by atoms with E-state index in [1.165, 1.54) is 18.9 Å². The van der Waals surface area contributed by atoms with Crippen LogP contribution in [0.5, 0.6) is 5.75 Å². The highest BCUT2D eigenvalue weighted by Crippen LogP contribution is 2.41. The van der Waals surface area contributed by atoms with Gasteiger partial charge in [0.15, 0.2) is 0 Å². The topological polar surface area (TPSA) is 88.4 Å². The number of hydrogen-bond donors (Lipinski definition) is 1. The first kappa shape index (κ1) is 22.7. The van der Waals surface area contributed by atoms with E-state index in [0.29, 0.717) is 39.3 Å². The highest BCUT2D eigenvalue weighted by Gasteiger charge is 2.44. The number of benzene rings is 2. The molecule has 1 heterocycles. The summed E-state index contributed by atoms with van der Waals surface area (Å²) >= 11 is 7.53. The number of nitriles is 1. The summed E-state index contributed by atoms with van der Waals surface area (Å²) in [7, 11) is 1.22. The third-order valence-electron chi connectivity index (χ3n) is 4.86. The smallest absolute Gasteiger partial charge is 0.319 e. The average molecular weight is 457 g/mol. The molecule has 1 aliphatic rings. The summed E-state index contributed by atoms with van der Waals surface area (Å²) in [6.45, 7) is 2.40. The third kappa shape index (κ3) is 5.04. The summed E-state index contributed by atoms with van der Waals surface area (Å²) in [4.78, 5) is 25.3. The van der Waals surface area contributed by atoms with Gasteiger partial charge in [-0.1, -0.05) is 41.9 Å². The van der Waals surface area contributed by atoms with Gasteiger partial charge < -0.3 is 14.8 Å². The van der Waals surface area contributed by atoms with Crippen molar-refractivity contribution < 1.29 is 19.1 Å². The molecular formula is C23H21ClN2O4S. The molecule has 1 N–H and O–H groups in total. The fraction of sp³-hybridized carbons (Fsp3) is 0.261. The van der Waals surface area contributed by atoms with Gasteiger partial charge in [0.1, 0.15) is 11.7 Å². The molecule has 2 aromatic rings. The fourth-order valence-corrected chi connectivity index (χ4v) is 4.72. The van der Waals surface area contributed by atoms with Crippen LogP contribution in [0.25, 0.3) is 0 Å². The lowest BCUT2D eigenvalue weighted by atomic mass is 9.78. The lowest BCUT2D eigenvalue weighted by molar-refractivity contribution is -0.150. The number of methoxy groups -OCH3 is 1. The van der Waals surface area contributed by atoms with Gasteiger partial charge in [0.05, 0.1) is 30.4 Å². The Kier molecular flexibility index (Phi) is 7.61. The average Bonchev–Trinajstić information content (AvgIpc) is 2.78. The molecule has 1 aliphatic heterocycles. The van der Waals surface area contributed by atoms with Gasteiger partial charge in [0.25, 0.3) is 0 Å². The van der Waals surface area contributed by atoms with Crippen LogP contribution in [-0.2, 0) is 20.1 Å². The monoisotopic (exact) mass is 456 g/mol. The van der Waals surface area contributed by atoms with E-state index in [0.717, 1.165) is 5.56 Å². The predicted octanol–water partition coefficient (Wildman–Crippen LogP) is 4.41. The summed E-state index contributed by atoms with van der Waals surface area (Å²) in [6, 6.07) is 16.6.